The first-order valence-corrected chi connectivity index (χ1v) is 8.76. The summed E-state index contributed by atoms with van der Waals surface area (Å²) >= 11 is 0. The lowest BCUT2D eigenvalue weighted by Gasteiger charge is -2.07. The second kappa shape index (κ2) is 8.77. The predicted molar refractivity (Wildman–Crippen MR) is 98.6 cm³/mol. The molecule has 2 rings (SSSR count). The van der Waals surface area contributed by atoms with Crippen molar-refractivity contribution in [1.82, 2.24) is 0 Å². The van der Waals surface area contributed by atoms with Gasteiger partial charge in [0.1, 0.15) is 0 Å². The van der Waals surface area contributed by atoms with E-state index in [1.165, 1.54) is 36.1 Å². The summed E-state index contributed by atoms with van der Waals surface area (Å²) < 4.78 is 26.4. The van der Waals surface area contributed by atoms with Crippen LogP contribution in [-0.2, 0) is 19.3 Å². The van der Waals surface area contributed by atoms with Crippen molar-refractivity contribution >= 4 is 6.08 Å². The Morgan fingerprint density at radius 1 is 0.750 bits per heavy atom. The van der Waals surface area contributed by atoms with Gasteiger partial charge in [-0.25, -0.2) is 8.78 Å². The van der Waals surface area contributed by atoms with E-state index in [4.69, 9.17) is 0 Å². The van der Waals surface area contributed by atoms with Crippen LogP contribution in [0.2, 0.25) is 0 Å². The molecule has 2 aromatic rings. The molecule has 0 nitrogen and oxygen atoms in total. The standard InChI is InChI=1S/C22H26F2/c1-3-5-18-6-8-19(9-7-18)10-11-20-12-14-21(15-13-20)16-17-22(23,24)4-2/h6-9,12-17H,3-5,10-11H2,1-2H3/b17-16+. The maximum absolute atomic E-state index is 13.2. The number of rotatable bonds is 8. The highest BCUT2D eigenvalue weighted by atomic mass is 19.3. The Labute approximate surface area is 144 Å². The molecule has 0 saturated carbocycles. The third-order valence-electron chi connectivity index (χ3n) is 4.23. The normalized spacial score (nSPS) is 12.0. The molecule has 0 aliphatic rings. The van der Waals surface area contributed by atoms with Crippen LogP contribution in [0, 0.1) is 0 Å². The van der Waals surface area contributed by atoms with Crippen molar-refractivity contribution in [3.63, 3.8) is 0 Å². The number of alkyl halides is 2. The summed E-state index contributed by atoms with van der Waals surface area (Å²) in [5, 5.41) is 0. The Balaban J connectivity index is 1.89. The van der Waals surface area contributed by atoms with Crippen LogP contribution >= 0.6 is 0 Å². The first-order chi connectivity index (χ1) is 11.5. The van der Waals surface area contributed by atoms with E-state index >= 15 is 0 Å². The zero-order valence-electron chi connectivity index (χ0n) is 14.6. The van der Waals surface area contributed by atoms with Crippen molar-refractivity contribution in [1.29, 1.82) is 0 Å². The van der Waals surface area contributed by atoms with Gasteiger partial charge in [-0.1, -0.05) is 74.9 Å². The summed E-state index contributed by atoms with van der Waals surface area (Å²) in [5.41, 5.74) is 4.77. The van der Waals surface area contributed by atoms with Gasteiger partial charge in [-0.2, -0.15) is 0 Å². The van der Waals surface area contributed by atoms with Crippen LogP contribution in [0.4, 0.5) is 8.78 Å². The third-order valence-corrected chi connectivity index (χ3v) is 4.23. The fourth-order valence-corrected chi connectivity index (χ4v) is 2.58. The second-order valence-electron chi connectivity index (χ2n) is 6.26. The fourth-order valence-electron chi connectivity index (χ4n) is 2.58. The molecule has 0 fully saturated rings. The van der Waals surface area contributed by atoms with Crippen molar-refractivity contribution in [2.24, 2.45) is 0 Å². The van der Waals surface area contributed by atoms with Crippen molar-refractivity contribution in [2.75, 3.05) is 0 Å². The second-order valence-corrected chi connectivity index (χ2v) is 6.26. The van der Waals surface area contributed by atoms with E-state index in [0.717, 1.165) is 30.9 Å². The molecular weight excluding hydrogens is 302 g/mol. The van der Waals surface area contributed by atoms with Gasteiger partial charge in [0.2, 0.25) is 0 Å². The minimum atomic E-state index is -2.72. The average Bonchev–Trinajstić information content (AvgIpc) is 2.61. The fraction of sp³-hybridized carbons (Fsp3) is 0.364. The van der Waals surface area contributed by atoms with Crippen molar-refractivity contribution in [2.45, 2.75) is 51.9 Å². The molecule has 0 N–H and O–H groups in total. The molecule has 0 aromatic heterocycles. The topological polar surface area (TPSA) is 0 Å². The molecular formula is C22H26F2. The van der Waals surface area contributed by atoms with E-state index in [1.54, 1.807) is 0 Å². The van der Waals surface area contributed by atoms with E-state index < -0.39 is 5.92 Å². The van der Waals surface area contributed by atoms with Gasteiger partial charge >= 0.3 is 0 Å². The number of hydrogen-bond donors (Lipinski definition) is 0. The van der Waals surface area contributed by atoms with Gasteiger partial charge < -0.3 is 0 Å². The summed E-state index contributed by atoms with van der Waals surface area (Å²) in [6, 6.07) is 16.7. The first kappa shape index (κ1) is 18.4. The molecule has 0 aliphatic carbocycles. The Morgan fingerprint density at radius 3 is 1.67 bits per heavy atom. The van der Waals surface area contributed by atoms with Crippen LogP contribution < -0.4 is 0 Å². The van der Waals surface area contributed by atoms with Gasteiger partial charge in [0.05, 0.1) is 0 Å². The lowest BCUT2D eigenvalue weighted by atomic mass is 10.0. The molecule has 0 unspecified atom stereocenters. The highest BCUT2D eigenvalue weighted by Gasteiger charge is 2.20. The van der Waals surface area contributed by atoms with Crippen LogP contribution in [0.5, 0.6) is 0 Å². The molecule has 0 saturated heterocycles. The molecule has 0 bridgehead atoms. The smallest absolute Gasteiger partial charge is 0.202 e. The zero-order chi connectivity index (χ0) is 17.4. The molecule has 0 radical (unpaired) electrons. The monoisotopic (exact) mass is 328 g/mol. The Hall–Kier alpha value is -1.96. The summed E-state index contributed by atoms with van der Waals surface area (Å²) in [5.74, 6) is -2.72. The number of hydrogen-bond acceptors (Lipinski definition) is 0. The van der Waals surface area contributed by atoms with E-state index in [9.17, 15) is 8.78 Å². The molecule has 0 amide bonds. The summed E-state index contributed by atoms with van der Waals surface area (Å²) in [4.78, 5) is 0. The number of aryl methyl sites for hydroxylation is 3. The highest BCUT2D eigenvalue weighted by Crippen LogP contribution is 2.21. The van der Waals surface area contributed by atoms with E-state index in [2.05, 4.69) is 31.2 Å². The third kappa shape index (κ3) is 5.92. The summed E-state index contributed by atoms with van der Waals surface area (Å²) in [6.45, 7) is 3.68. The van der Waals surface area contributed by atoms with Crippen LogP contribution in [0.1, 0.15) is 48.9 Å². The zero-order valence-corrected chi connectivity index (χ0v) is 14.6. The predicted octanol–water partition coefficient (Wildman–Crippen LogP) is 6.48. The van der Waals surface area contributed by atoms with Crippen LogP contribution in [0.25, 0.3) is 6.08 Å². The molecule has 128 valence electrons. The van der Waals surface area contributed by atoms with Gasteiger partial charge in [0.15, 0.2) is 0 Å². The van der Waals surface area contributed by atoms with Gasteiger partial charge in [0.25, 0.3) is 5.92 Å². The van der Waals surface area contributed by atoms with Crippen molar-refractivity contribution in [3.05, 3.63) is 76.9 Å². The number of halogens is 2. The van der Waals surface area contributed by atoms with Crippen molar-refractivity contribution < 1.29 is 8.78 Å². The van der Waals surface area contributed by atoms with Gasteiger partial charge in [-0.05, 0) is 47.6 Å². The minimum absolute atomic E-state index is 0.168. The molecule has 2 heteroatoms. The highest BCUT2D eigenvalue weighted by molar-refractivity contribution is 5.50. The average molecular weight is 328 g/mol. The van der Waals surface area contributed by atoms with Gasteiger partial charge in [0, 0.05) is 6.42 Å². The Kier molecular flexibility index (Phi) is 6.72. The number of benzene rings is 2. The van der Waals surface area contributed by atoms with Crippen molar-refractivity contribution in [3.8, 4) is 0 Å². The van der Waals surface area contributed by atoms with Gasteiger partial charge in [-0.15, -0.1) is 0 Å². The summed E-state index contributed by atoms with van der Waals surface area (Å²) in [6.07, 6.45) is 6.58. The van der Waals surface area contributed by atoms with Crippen LogP contribution in [-0.4, -0.2) is 5.92 Å². The number of allylic oxidation sites excluding steroid dienone is 1. The molecule has 2 aromatic carbocycles. The minimum Gasteiger partial charge on any atom is -0.202 e. The lowest BCUT2D eigenvalue weighted by Crippen LogP contribution is -2.08. The van der Waals surface area contributed by atoms with E-state index in [1.807, 2.05) is 24.3 Å². The van der Waals surface area contributed by atoms with E-state index in [-0.39, 0.29) is 6.42 Å². The largest absolute Gasteiger partial charge is 0.266 e. The first-order valence-electron chi connectivity index (χ1n) is 8.76. The molecule has 0 spiro atoms. The maximum Gasteiger partial charge on any atom is 0.266 e. The molecule has 0 aliphatic heterocycles. The Bertz CT molecular complexity index is 637. The maximum atomic E-state index is 13.2. The molecule has 0 heterocycles. The quantitative estimate of drug-likeness (QED) is 0.520. The Morgan fingerprint density at radius 2 is 1.21 bits per heavy atom. The summed E-state index contributed by atoms with van der Waals surface area (Å²) in [7, 11) is 0. The van der Waals surface area contributed by atoms with Crippen LogP contribution in [0.3, 0.4) is 0 Å². The van der Waals surface area contributed by atoms with Crippen LogP contribution in [0.15, 0.2) is 54.6 Å². The molecule has 0 atom stereocenters. The van der Waals surface area contributed by atoms with E-state index in [0.29, 0.717) is 0 Å². The molecule has 24 heavy (non-hydrogen) atoms. The lowest BCUT2D eigenvalue weighted by molar-refractivity contribution is 0.0520. The van der Waals surface area contributed by atoms with Gasteiger partial charge in [-0.3, -0.25) is 0 Å². The SMILES string of the molecule is CCCc1ccc(CCc2ccc(/C=C/C(F)(F)CC)cc2)cc1.